The molecule has 2 aliphatic rings. The second-order valence-corrected chi connectivity index (χ2v) is 12.7. The van der Waals surface area contributed by atoms with E-state index < -0.39 is 5.41 Å². The zero-order valence-electron chi connectivity index (χ0n) is 25.3. The smallest absolute Gasteiger partial charge is 0.145 e. The molecule has 0 atom stereocenters. The summed E-state index contributed by atoms with van der Waals surface area (Å²) in [5.41, 5.74) is 16.0. The van der Waals surface area contributed by atoms with Crippen LogP contribution in [0.25, 0.3) is 72.3 Å². The molecule has 7 aromatic carbocycles. The molecule has 2 aliphatic carbocycles. The van der Waals surface area contributed by atoms with Gasteiger partial charge in [-0.3, -0.25) is 4.57 Å². The van der Waals surface area contributed by atoms with Gasteiger partial charge in [0.05, 0.1) is 16.4 Å². The maximum atomic E-state index is 6.88. The zero-order chi connectivity index (χ0) is 30.7. The molecule has 0 unspecified atom stereocenters. The molecule has 0 saturated carbocycles. The van der Waals surface area contributed by atoms with Crippen LogP contribution in [0.1, 0.15) is 22.3 Å². The minimum absolute atomic E-state index is 0.391. The summed E-state index contributed by atoms with van der Waals surface area (Å²) in [7, 11) is 0. The van der Waals surface area contributed by atoms with Gasteiger partial charge < -0.3 is 4.42 Å². The minimum Gasteiger partial charge on any atom is -0.455 e. The highest BCUT2D eigenvalue weighted by atomic mass is 16.3. The van der Waals surface area contributed by atoms with Gasteiger partial charge in [0.15, 0.2) is 0 Å². The third-order valence-electron chi connectivity index (χ3n) is 10.4. The Bertz CT molecular complexity index is 2700. The van der Waals surface area contributed by atoms with E-state index in [2.05, 4.69) is 150 Å². The van der Waals surface area contributed by atoms with E-state index in [1.165, 1.54) is 44.5 Å². The van der Waals surface area contributed by atoms with E-state index in [1.807, 2.05) is 12.1 Å². The summed E-state index contributed by atoms with van der Waals surface area (Å²) >= 11 is 0. The van der Waals surface area contributed by atoms with Crippen molar-refractivity contribution in [2.24, 2.45) is 0 Å². The first kappa shape index (κ1) is 25.1. The number of para-hydroxylation sites is 2. The van der Waals surface area contributed by atoms with E-state index >= 15 is 0 Å². The van der Waals surface area contributed by atoms with Gasteiger partial charge in [0.2, 0.25) is 0 Å². The fraction of sp³-hybridized carbons (Fsp3) is 0.0227. The van der Waals surface area contributed by atoms with Gasteiger partial charge in [-0.25, -0.2) is 4.98 Å². The van der Waals surface area contributed by atoms with Crippen molar-refractivity contribution in [2.75, 3.05) is 0 Å². The average molecular weight is 599 g/mol. The summed E-state index contributed by atoms with van der Waals surface area (Å²) in [6, 6.07) is 56.7. The number of imidazole rings is 1. The third-order valence-corrected chi connectivity index (χ3v) is 10.4. The van der Waals surface area contributed by atoms with Crippen LogP contribution in [-0.4, -0.2) is 9.55 Å². The topological polar surface area (TPSA) is 31.0 Å². The van der Waals surface area contributed by atoms with Crippen LogP contribution in [-0.2, 0) is 5.41 Å². The van der Waals surface area contributed by atoms with Crippen LogP contribution in [0.5, 0.6) is 0 Å². The van der Waals surface area contributed by atoms with Gasteiger partial charge in [0.25, 0.3) is 0 Å². The van der Waals surface area contributed by atoms with Crippen LogP contribution in [0.3, 0.4) is 0 Å². The SMILES string of the molecule is c1ccc(-c2nc3ccccc3n2-c2ccc3oc4c5c(ccc4c3c2)C2(c3ccccc3-c3ccccc32)c2ccccc2-5)cc1. The second-order valence-electron chi connectivity index (χ2n) is 12.7. The largest absolute Gasteiger partial charge is 0.455 e. The lowest BCUT2D eigenvalue weighted by atomic mass is 9.70. The Morgan fingerprint density at radius 2 is 1.15 bits per heavy atom. The van der Waals surface area contributed by atoms with E-state index in [-0.39, 0.29) is 0 Å². The van der Waals surface area contributed by atoms with Crippen LogP contribution < -0.4 is 0 Å². The first-order valence-corrected chi connectivity index (χ1v) is 16.1. The highest BCUT2D eigenvalue weighted by Crippen LogP contribution is 2.64. The van der Waals surface area contributed by atoms with Crippen molar-refractivity contribution in [3.8, 4) is 39.3 Å². The van der Waals surface area contributed by atoms with Crippen molar-refractivity contribution in [3.63, 3.8) is 0 Å². The summed E-state index contributed by atoms with van der Waals surface area (Å²) < 4.78 is 9.15. The number of nitrogens with zero attached hydrogens (tertiary/aromatic N) is 2. The summed E-state index contributed by atoms with van der Waals surface area (Å²) in [4.78, 5) is 5.08. The molecule has 0 fully saturated rings. The maximum Gasteiger partial charge on any atom is 0.145 e. The van der Waals surface area contributed by atoms with E-state index in [0.29, 0.717) is 0 Å². The molecular weight excluding hydrogens is 572 g/mol. The number of hydrogen-bond donors (Lipinski definition) is 0. The number of aromatic nitrogens is 2. The number of hydrogen-bond acceptors (Lipinski definition) is 2. The fourth-order valence-electron chi connectivity index (χ4n) is 8.60. The Morgan fingerprint density at radius 3 is 1.91 bits per heavy atom. The van der Waals surface area contributed by atoms with Crippen molar-refractivity contribution >= 4 is 33.0 Å². The summed E-state index contributed by atoms with van der Waals surface area (Å²) in [6.45, 7) is 0. The van der Waals surface area contributed by atoms with Crippen LogP contribution in [0.15, 0.2) is 162 Å². The number of benzene rings is 7. The molecule has 1 spiro atoms. The molecule has 0 amide bonds. The predicted molar refractivity (Wildman–Crippen MR) is 190 cm³/mol. The van der Waals surface area contributed by atoms with Crippen molar-refractivity contribution in [1.29, 1.82) is 0 Å². The highest BCUT2D eigenvalue weighted by Gasteiger charge is 2.52. The summed E-state index contributed by atoms with van der Waals surface area (Å²) in [5.74, 6) is 0.925. The van der Waals surface area contributed by atoms with Gasteiger partial charge in [-0.2, -0.15) is 0 Å². The van der Waals surface area contributed by atoms with E-state index in [0.717, 1.165) is 50.0 Å². The van der Waals surface area contributed by atoms with Gasteiger partial charge in [0, 0.05) is 27.6 Å². The van der Waals surface area contributed by atoms with E-state index in [4.69, 9.17) is 9.40 Å². The molecule has 11 rings (SSSR count). The molecule has 0 aliphatic heterocycles. The van der Waals surface area contributed by atoms with E-state index in [1.54, 1.807) is 0 Å². The molecule has 2 heterocycles. The molecule has 0 radical (unpaired) electrons. The number of rotatable bonds is 2. The Kier molecular flexibility index (Phi) is 4.78. The van der Waals surface area contributed by atoms with Gasteiger partial charge in [-0.05, 0) is 69.3 Å². The summed E-state index contributed by atoms with van der Waals surface area (Å²) in [6.07, 6.45) is 0. The molecule has 0 N–H and O–H groups in total. The monoisotopic (exact) mass is 598 g/mol. The molecular formula is C44H26N2O. The van der Waals surface area contributed by atoms with Gasteiger partial charge in [0.1, 0.15) is 17.0 Å². The molecule has 0 saturated heterocycles. The molecule has 0 bridgehead atoms. The maximum absolute atomic E-state index is 6.88. The lowest BCUT2D eigenvalue weighted by Gasteiger charge is -2.30. The normalized spacial score (nSPS) is 13.7. The lowest BCUT2D eigenvalue weighted by molar-refractivity contribution is 0.669. The van der Waals surface area contributed by atoms with Crippen LogP contribution in [0, 0.1) is 0 Å². The van der Waals surface area contributed by atoms with Crippen LogP contribution >= 0.6 is 0 Å². The van der Waals surface area contributed by atoms with Crippen molar-refractivity contribution < 1.29 is 4.42 Å². The molecule has 3 heteroatoms. The van der Waals surface area contributed by atoms with Crippen molar-refractivity contribution in [3.05, 3.63) is 180 Å². The van der Waals surface area contributed by atoms with Crippen molar-refractivity contribution in [1.82, 2.24) is 9.55 Å². The average Bonchev–Trinajstić information content (AvgIpc) is 3.87. The highest BCUT2D eigenvalue weighted by molar-refractivity contribution is 6.13. The standard InChI is InChI=1S/C44H26N2O/c1-2-12-27(13-3-1)43-45-38-20-10-11-21-39(38)46(43)28-22-25-40-33(26-28)31-23-24-37-41(42(31)47-40)32-16-6-9-19-36(32)44(37)34-17-7-4-14-29(34)30-15-5-8-18-35(30)44/h1-26H. The Balaban J connectivity index is 1.20. The van der Waals surface area contributed by atoms with Gasteiger partial charge >= 0.3 is 0 Å². The van der Waals surface area contributed by atoms with Gasteiger partial charge in [-0.1, -0.05) is 127 Å². The summed E-state index contributed by atoms with van der Waals surface area (Å²) in [5, 5.41) is 2.22. The third kappa shape index (κ3) is 3.09. The number of fused-ring (bicyclic) bond motifs is 15. The Hall–Kier alpha value is -6.19. The second kappa shape index (κ2) is 8.96. The molecule has 9 aromatic rings. The Morgan fingerprint density at radius 1 is 0.511 bits per heavy atom. The first-order chi connectivity index (χ1) is 23.3. The Labute approximate surface area is 271 Å². The van der Waals surface area contributed by atoms with Crippen LogP contribution in [0.2, 0.25) is 0 Å². The fourth-order valence-corrected chi connectivity index (χ4v) is 8.60. The van der Waals surface area contributed by atoms with Crippen LogP contribution in [0.4, 0.5) is 0 Å². The zero-order valence-corrected chi connectivity index (χ0v) is 25.3. The molecule has 47 heavy (non-hydrogen) atoms. The minimum atomic E-state index is -0.391. The molecule has 218 valence electrons. The van der Waals surface area contributed by atoms with Gasteiger partial charge in [-0.15, -0.1) is 0 Å². The predicted octanol–water partition coefficient (Wildman–Crippen LogP) is 10.9. The quantitative estimate of drug-likeness (QED) is 0.198. The van der Waals surface area contributed by atoms with Crippen molar-refractivity contribution in [2.45, 2.75) is 5.41 Å². The number of furan rings is 1. The lowest BCUT2D eigenvalue weighted by Crippen LogP contribution is -2.25. The first-order valence-electron chi connectivity index (χ1n) is 16.1. The molecule has 3 nitrogen and oxygen atoms in total. The van der Waals surface area contributed by atoms with E-state index in [9.17, 15) is 0 Å². The molecule has 2 aromatic heterocycles.